The Morgan fingerprint density at radius 3 is 1.54 bits per heavy atom. The Balaban J connectivity index is 3.40. The van der Waals surface area contributed by atoms with Gasteiger partial charge in [-0.05, 0) is 73.3 Å². The summed E-state index contributed by atoms with van der Waals surface area (Å²) in [5.41, 5.74) is 11.2. The lowest BCUT2D eigenvalue weighted by molar-refractivity contribution is -0.114. The van der Waals surface area contributed by atoms with E-state index in [9.17, 15) is 30.0 Å². The topological polar surface area (TPSA) is 187 Å². The number of amides is 2. The van der Waals surface area contributed by atoms with Crippen molar-refractivity contribution in [3.63, 3.8) is 0 Å². The lowest BCUT2D eigenvalue weighted by Gasteiger charge is -2.27. The molecule has 12 heteroatoms. The lowest BCUT2D eigenvalue weighted by Crippen LogP contribution is -2.46. The van der Waals surface area contributed by atoms with Gasteiger partial charge in [-0.3, -0.25) is 9.59 Å². The molecule has 0 heterocycles. The first kappa shape index (κ1) is 24.2. The minimum Gasteiger partial charge on any atom is -0.394 e. The first-order chi connectivity index (χ1) is 11.9. The standard InChI is InChI=1S/C14H17I3N2O7/c15-8-3(1-4(21)11(23)12(24)5(22)2-20)9(16)7(14(19)26)10(17)6(8)13(18)25/h4-5,11-12,20-24H,1-2H2,(H2,18,25)(H2,19,26). The van der Waals surface area contributed by atoms with Gasteiger partial charge >= 0.3 is 0 Å². The third-order valence-electron chi connectivity index (χ3n) is 3.64. The third-order valence-corrected chi connectivity index (χ3v) is 7.10. The van der Waals surface area contributed by atoms with Crippen molar-refractivity contribution in [3.05, 3.63) is 27.4 Å². The molecule has 146 valence electrons. The van der Waals surface area contributed by atoms with Gasteiger partial charge in [-0.1, -0.05) is 0 Å². The molecule has 9 nitrogen and oxygen atoms in total. The van der Waals surface area contributed by atoms with Gasteiger partial charge < -0.3 is 37.0 Å². The number of rotatable bonds is 8. The Kier molecular flexibility index (Phi) is 9.38. The highest BCUT2D eigenvalue weighted by molar-refractivity contribution is 14.1. The molecule has 0 saturated heterocycles. The molecule has 1 aromatic rings. The zero-order valence-electron chi connectivity index (χ0n) is 13.1. The van der Waals surface area contributed by atoms with Crippen molar-refractivity contribution in [2.75, 3.05) is 6.61 Å². The van der Waals surface area contributed by atoms with E-state index in [0.717, 1.165) is 0 Å². The zero-order valence-corrected chi connectivity index (χ0v) is 19.5. The summed E-state index contributed by atoms with van der Waals surface area (Å²) < 4.78 is 1.03. The highest BCUT2D eigenvalue weighted by atomic mass is 127. The summed E-state index contributed by atoms with van der Waals surface area (Å²) in [5, 5.41) is 48.2. The predicted octanol–water partition coefficient (Wildman–Crippen LogP) is -1.32. The molecule has 1 aromatic carbocycles. The molecule has 0 aliphatic heterocycles. The third kappa shape index (κ3) is 5.15. The Bertz CT molecular complexity index is 675. The Labute approximate surface area is 189 Å². The van der Waals surface area contributed by atoms with Crippen LogP contribution in [0, 0.1) is 10.7 Å². The van der Waals surface area contributed by atoms with Gasteiger partial charge in [-0.2, -0.15) is 0 Å². The van der Waals surface area contributed by atoms with Crippen LogP contribution in [0.3, 0.4) is 0 Å². The van der Waals surface area contributed by atoms with Crippen molar-refractivity contribution in [1.82, 2.24) is 0 Å². The number of primary amides is 2. The second-order valence-corrected chi connectivity index (χ2v) is 8.64. The predicted molar refractivity (Wildman–Crippen MR) is 116 cm³/mol. The van der Waals surface area contributed by atoms with Gasteiger partial charge in [0.15, 0.2) is 0 Å². The zero-order chi connectivity index (χ0) is 20.3. The van der Waals surface area contributed by atoms with Gasteiger partial charge in [0, 0.05) is 17.1 Å². The molecule has 0 aliphatic rings. The SMILES string of the molecule is NC(=O)c1c(I)c(CC(O)C(O)C(O)C(O)CO)c(I)c(C(N)=O)c1I. The van der Waals surface area contributed by atoms with Gasteiger partial charge in [0.05, 0.1) is 23.8 Å². The van der Waals surface area contributed by atoms with E-state index in [2.05, 4.69) is 0 Å². The van der Waals surface area contributed by atoms with Gasteiger partial charge in [-0.25, -0.2) is 0 Å². The van der Waals surface area contributed by atoms with Gasteiger partial charge in [0.25, 0.3) is 11.8 Å². The maximum Gasteiger partial charge on any atom is 0.250 e. The molecular formula is C14H17I3N2O7. The minimum atomic E-state index is -1.79. The number of nitrogens with two attached hydrogens (primary N) is 2. The lowest BCUT2D eigenvalue weighted by atomic mass is 9.95. The number of aliphatic hydroxyl groups excluding tert-OH is 5. The molecule has 4 atom stereocenters. The summed E-state index contributed by atoms with van der Waals surface area (Å²) in [6.07, 6.45) is -7.03. The summed E-state index contributed by atoms with van der Waals surface area (Å²) in [4.78, 5) is 23.6. The maximum absolute atomic E-state index is 11.8. The second-order valence-electron chi connectivity index (χ2n) is 5.40. The molecule has 2 amide bonds. The van der Waals surface area contributed by atoms with E-state index in [-0.39, 0.29) is 21.1 Å². The van der Waals surface area contributed by atoms with Gasteiger partial charge in [0.2, 0.25) is 0 Å². The van der Waals surface area contributed by atoms with Crippen LogP contribution < -0.4 is 11.5 Å². The van der Waals surface area contributed by atoms with Crippen LogP contribution in [-0.2, 0) is 6.42 Å². The Hall–Kier alpha value is 0.150. The second kappa shape index (κ2) is 10.1. The summed E-state index contributed by atoms with van der Waals surface area (Å²) in [6, 6.07) is 0. The van der Waals surface area contributed by atoms with E-state index >= 15 is 0 Å². The molecule has 9 N–H and O–H groups in total. The van der Waals surface area contributed by atoms with E-state index in [1.165, 1.54) is 0 Å². The summed E-state index contributed by atoms with van der Waals surface area (Å²) >= 11 is 5.46. The number of benzene rings is 1. The fraction of sp³-hybridized carbons (Fsp3) is 0.429. The average molecular weight is 706 g/mol. The number of carbonyl (C=O) groups excluding carboxylic acids is 2. The molecule has 0 bridgehead atoms. The van der Waals surface area contributed by atoms with Crippen molar-refractivity contribution < 1.29 is 35.1 Å². The van der Waals surface area contributed by atoms with Crippen molar-refractivity contribution in [2.45, 2.75) is 30.8 Å². The number of hydrogen-bond donors (Lipinski definition) is 7. The molecule has 0 spiro atoms. The molecule has 0 radical (unpaired) electrons. The summed E-state index contributed by atoms with van der Waals surface area (Å²) in [6.45, 7) is -0.804. The van der Waals surface area contributed by atoms with Crippen LogP contribution >= 0.6 is 67.8 Å². The fourth-order valence-corrected chi connectivity index (χ4v) is 6.89. The monoisotopic (exact) mass is 706 g/mol. The number of aliphatic hydroxyl groups is 5. The normalized spacial score (nSPS) is 16.0. The average Bonchev–Trinajstić information content (AvgIpc) is 2.55. The summed E-state index contributed by atoms with van der Waals surface area (Å²) in [5.74, 6) is -1.57. The highest BCUT2D eigenvalue weighted by Gasteiger charge is 2.33. The minimum absolute atomic E-state index is 0.0630. The molecule has 4 unspecified atom stereocenters. The molecule has 0 aromatic heterocycles. The van der Waals surface area contributed by atoms with Crippen LogP contribution in [0.4, 0.5) is 0 Å². The molecule has 0 fully saturated rings. The number of halogens is 3. The van der Waals surface area contributed by atoms with Crippen LogP contribution in [-0.4, -0.2) is 68.4 Å². The fourth-order valence-electron chi connectivity index (χ4n) is 2.22. The van der Waals surface area contributed by atoms with Crippen LogP contribution in [0.15, 0.2) is 0 Å². The number of carbonyl (C=O) groups is 2. The highest BCUT2D eigenvalue weighted by Crippen LogP contribution is 2.33. The van der Waals surface area contributed by atoms with Gasteiger partial charge in [-0.15, -0.1) is 0 Å². The Morgan fingerprint density at radius 1 is 0.808 bits per heavy atom. The van der Waals surface area contributed by atoms with Crippen molar-refractivity contribution >= 4 is 79.6 Å². The molecule has 0 saturated carbocycles. The van der Waals surface area contributed by atoms with E-state index in [4.69, 9.17) is 16.6 Å². The Morgan fingerprint density at radius 2 is 1.19 bits per heavy atom. The molecule has 1 rings (SSSR count). The van der Waals surface area contributed by atoms with E-state index in [0.29, 0.717) is 12.7 Å². The van der Waals surface area contributed by atoms with E-state index < -0.39 is 42.8 Å². The van der Waals surface area contributed by atoms with Crippen LogP contribution in [0.2, 0.25) is 0 Å². The summed E-state index contributed by atoms with van der Waals surface area (Å²) in [7, 11) is 0. The maximum atomic E-state index is 11.8. The first-order valence-electron chi connectivity index (χ1n) is 7.07. The van der Waals surface area contributed by atoms with Crippen LogP contribution in [0.25, 0.3) is 0 Å². The molecule has 26 heavy (non-hydrogen) atoms. The largest absolute Gasteiger partial charge is 0.394 e. The smallest absolute Gasteiger partial charge is 0.250 e. The molecule has 0 aliphatic carbocycles. The van der Waals surface area contributed by atoms with Crippen LogP contribution in [0.1, 0.15) is 26.3 Å². The quantitative estimate of drug-likeness (QED) is 0.163. The van der Waals surface area contributed by atoms with Crippen LogP contribution in [0.5, 0.6) is 0 Å². The van der Waals surface area contributed by atoms with E-state index in [1.807, 2.05) is 45.2 Å². The first-order valence-corrected chi connectivity index (χ1v) is 10.3. The number of hydrogen-bond acceptors (Lipinski definition) is 7. The van der Waals surface area contributed by atoms with Crippen molar-refractivity contribution in [2.24, 2.45) is 11.5 Å². The molecular weight excluding hydrogens is 689 g/mol. The van der Waals surface area contributed by atoms with E-state index in [1.54, 1.807) is 22.6 Å². The van der Waals surface area contributed by atoms with Crippen molar-refractivity contribution in [3.8, 4) is 0 Å². The van der Waals surface area contributed by atoms with Gasteiger partial charge in [0.1, 0.15) is 18.3 Å². The van der Waals surface area contributed by atoms with Crippen molar-refractivity contribution in [1.29, 1.82) is 0 Å².